The topological polar surface area (TPSA) is 46.5 Å². The SMILES string of the molecule is C=C1C(=O)O[C@H](C)[C@@H]1O. The molecule has 0 aromatic rings. The summed E-state index contributed by atoms with van der Waals surface area (Å²) in [5.41, 5.74) is 0.155. The number of ether oxygens (including phenoxy) is 1. The van der Waals surface area contributed by atoms with E-state index in [2.05, 4.69) is 11.3 Å². The van der Waals surface area contributed by atoms with E-state index >= 15 is 0 Å². The van der Waals surface area contributed by atoms with Gasteiger partial charge in [0.2, 0.25) is 0 Å². The van der Waals surface area contributed by atoms with Crippen LogP contribution < -0.4 is 0 Å². The number of carbonyl (C=O) groups excluding carboxylic acids is 1. The fourth-order valence-electron chi connectivity index (χ4n) is 0.713. The second-order valence-electron chi connectivity index (χ2n) is 2.08. The van der Waals surface area contributed by atoms with Crippen molar-refractivity contribution in [2.45, 2.75) is 19.1 Å². The Balaban J connectivity index is 2.77. The first-order chi connectivity index (χ1) is 4.13. The minimum atomic E-state index is -0.808. The van der Waals surface area contributed by atoms with E-state index < -0.39 is 18.2 Å². The number of aliphatic hydroxyl groups excluding tert-OH is 1. The Bertz CT molecular complexity index is 162. The summed E-state index contributed by atoms with van der Waals surface area (Å²) in [6.45, 7) is 4.97. The van der Waals surface area contributed by atoms with Crippen molar-refractivity contribution in [2.24, 2.45) is 0 Å². The average molecular weight is 128 g/mol. The molecule has 0 aliphatic carbocycles. The highest BCUT2D eigenvalue weighted by Crippen LogP contribution is 2.18. The highest BCUT2D eigenvalue weighted by atomic mass is 16.6. The summed E-state index contributed by atoms with van der Waals surface area (Å²) in [5, 5.41) is 8.99. The molecule has 3 heteroatoms. The van der Waals surface area contributed by atoms with Crippen molar-refractivity contribution >= 4 is 5.97 Å². The van der Waals surface area contributed by atoms with E-state index in [1.165, 1.54) is 0 Å². The van der Waals surface area contributed by atoms with Crippen LogP contribution in [0, 0.1) is 0 Å². The van der Waals surface area contributed by atoms with Gasteiger partial charge in [0, 0.05) is 0 Å². The van der Waals surface area contributed by atoms with Gasteiger partial charge in [0.1, 0.15) is 12.2 Å². The summed E-state index contributed by atoms with van der Waals surface area (Å²) in [5.74, 6) is -0.491. The third-order valence-corrected chi connectivity index (χ3v) is 1.36. The maximum Gasteiger partial charge on any atom is 0.336 e. The molecule has 1 aliphatic rings. The van der Waals surface area contributed by atoms with E-state index in [-0.39, 0.29) is 5.57 Å². The monoisotopic (exact) mass is 128 g/mol. The molecule has 1 saturated heterocycles. The molecule has 0 unspecified atom stereocenters. The first-order valence-electron chi connectivity index (χ1n) is 2.71. The summed E-state index contributed by atoms with van der Waals surface area (Å²) in [6, 6.07) is 0. The minimum absolute atomic E-state index is 0.155. The molecule has 1 aliphatic heterocycles. The van der Waals surface area contributed by atoms with E-state index in [9.17, 15) is 4.79 Å². The first kappa shape index (κ1) is 6.29. The van der Waals surface area contributed by atoms with Crippen LogP contribution in [0.3, 0.4) is 0 Å². The average Bonchev–Trinajstić information content (AvgIpc) is 1.98. The molecular formula is C6H8O3. The summed E-state index contributed by atoms with van der Waals surface area (Å²) in [7, 11) is 0. The van der Waals surface area contributed by atoms with Crippen molar-refractivity contribution < 1.29 is 14.6 Å². The highest BCUT2D eigenvalue weighted by molar-refractivity contribution is 5.91. The minimum Gasteiger partial charge on any atom is -0.456 e. The van der Waals surface area contributed by atoms with Crippen molar-refractivity contribution in [3.63, 3.8) is 0 Å². The zero-order valence-corrected chi connectivity index (χ0v) is 5.13. The quantitative estimate of drug-likeness (QED) is 0.364. The van der Waals surface area contributed by atoms with Crippen LogP contribution in [-0.2, 0) is 9.53 Å². The number of esters is 1. The zero-order valence-electron chi connectivity index (χ0n) is 5.13. The molecule has 0 aromatic heterocycles. The molecule has 0 spiro atoms. The first-order valence-corrected chi connectivity index (χ1v) is 2.71. The van der Waals surface area contributed by atoms with Gasteiger partial charge in [-0.15, -0.1) is 0 Å². The van der Waals surface area contributed by atoms with E-state index in [1.807, 2.05) is 0 Å². The summed E-state index contributed by atoms with van der Waals surface area (Å²) in [4.78, 5) is 10.5. The predicted molar refractivity (Wildman–Crippen MR) is 30.7 cm³/mol. The third-order valence-electron chi connectivity index (χ3n) is 1.36. The molecule has 1 fully saturated rings. The van der Waals surface area contributed by atoms with Crippen molar-refractivity contribution in [3.05, 3.63) is 12.2 Å². The molecule has 1 heterocycles. The molecule has 1 N–H and O–H groups in total. The van der Waals surface area contributed by atoms with Crippen LogP contribution in [0.5, 0.6) is 0 Å². The smallest absolute Gasteiger partial charge is 0.336 e. The van der Waals surface area contributed by atoms with Gasteiger partial charge in [0.15, 0.2) is 0 Å². The van der Waals surface area contributed by atoms with Crippen LogP contribution in [0.2, 0.25) is 0 Å². The number of cyclic esters (lactones) is 1. The fraction of sp³-hybridized carbons (Fsp3) is 0.500. The van der Waals surface area contributed by atoms with Gasteiger partial charge in [-0.05, 0) is 6.92 Å². The lowest BCUT2D eigenvalue weighted by Gasteiger charge is -2.03. The maximum atomic E-state index is 10.5. The van der Waals surface area contributed by atoms with E-state index in [0.29, 0.717) is 0 Å². The maximum absolute atomic E-state index is 10.5. The molecule has 9 heavy (non-hydrogen) atoms. The molecule has 0 bridgehead atoms. The van der Waals surface area contributed by atoms with Crippen molar-refractivity contribution in [1.82, 2.24) is 0 Å². The van der Waals surface area contributed by atoms with Crippen LogP contribution in [-0.4, -0.2) is 23.3 Å². The number of carbonyl (C=O) groups is 1. The van der Waals surface area contributed by atoms with Crippen LogP contribution in [0.25, 0.3) is 0 Å². The molecule has 3 nitrogen and oxygen atoms in total. The lowest BCUT2D eigenvalue weighted by atomic mass is 10.1. The Kier molecular flexibility index (Phi) is 1.29. The van der Waals surface area contributed by atoms with Crippen molar-refractivity contribution in [2.75, 3.05) is 0 Å². The Morgan fingerprint density at radius 1 is 1.78 bits per heavy atom. The summed E-state index contributed by atoms with van der Waals surface area (Å²) < 4.78 is 4.60. The Morgan fingerprint density at radius 3 is 2.44 bits per heavy atom. The van der Waals surface area contributed by atoms with Gasteiger partial charge < -0.3 is 9.84 Å². The molecular weight excluding hydrogens is 120 g/mol. The second-order valence-corrected chi connectivity index (χ2v) is 2.08. The highest BCUT2D eigenvalue weighted by Gasteiger charge is 2.33. The van der Waals surface area contributed by atoms with Gasteiger partial charge in [0.05, 0.1) is 5.57 Å². The molecule has 0 radical (unpaired) electrons. The molecule has 1 rings (SSSR count). The van der Waals surface area contributed by atoms with Crippen LogP contribution in [0.4, 0.5) is 0 Å². The van der Waals surface area contributed by atoms with Gasteiger partial charge in [-0.25, -0.2) is 4.79 Å². The Morgan fingerprint density at radius 2 is 2.33 bits per heavy atom. The van der Waals surface area contributed by atoms with E-state index in [4.69, 9.17) is 5.11 Å². The molecule has 50 valence electrons. The van der Waals surface area contributed by atoms with Gasteiger partial charge in [-0.2, -0.15) is 0 Å². The van der Waals surface area contributed by atoms with Gasteiger partial charge in [-0.1, -0.05) is 6.58 Å². The fourth-order valence-corrected chi connectivity index (χ4v) is 0.713. The van der Waals surface area contributed by atoms with Gasteiger partial charge in [0.25, 0.3) is 0 Å². The van der Waals surface area contributed by atoms with Crippen molar-refractivity contribution in [3.8, 4) is 0 Å². The number of hydrogen-bond acceptors (Lipinski definition) is 3. The van der Waals surface area contributed by atoms with Crippen molar-refractivity contribution in [1.29, 1.82) is 0 Å². The van der Waals surface area contributed by atoms with Crippen LogP contribution in [0.1, 0.15) is 6.92 Å². The largest absolute Gasteiger partial charge is 0.456 e. The number of aliphatic hydroxyl groups is 1. The van der Waals surface area contributed by atoms with E-state index in [1.54, 1.807) is 6.92 Å². The second kappa shape index (κ2) is 1.84. The molecule has 0 aromatic carbocycles. The predicted octanol–water partition coefficient (Wildman–Crippen LogP) is -0.151. The standard InChI is InChI=1S/C6H8O3/c1-3-5(7)4(2)9-6(3)8/h4-5,7H,1H2,2H3/t4-,5-/m1/s1. The Labute approximate surface area is 52.9 Å². The van der Waals surface area contributed by atoms with Crippen LogP contribution in [0.15, 0.2) is 12.2 Å². The number of rotatable bonds is 0. The molecule has 0 amide bonds. The lowest BCUT2D eigenvalue weighted by molar-refractivity contribution is -0.138. The van der Waals surface area contributed by atoms with Gasteiger partial charge >= 0.3 is 5.97 Å². The van der Waals surface area contributed by atoms with E-state index in [0.717, 1.165) is 0 Å². The van der Waals surface area contributed by atoms with Crippen LogP contribution >= 0.6 is 0 Å². The normalized spacial score (nSPS) is 34.9. The number of hydrogen-bond donors (Lipinski definition) is 1. The third kappa shape index (κ3) is 0.833. The summed E-state index contributed by atoms with van der Waals surface area (Å²) >= 11 is 0. The molecule has 2 atom stereocenters. The zero-order chi connectivity index (χ0) is 7.02. The molecule has 0 saturated carbocycles. The lowest BCUT2D eigenvalue weighted by Crippen LogP contribution is -2.16. The van der Waals surface area contributed by atoms with Gasteiger partial charge in [-0.3, -0.25) is 0 Å². The summed E-state index contributed by atoms with van der Waals surface area (Å²) in [6.07, 6.45) is -1.23. The Hall–Kier alpha value is -0.830.